The van der Waals surface area contributed by atoms with E-state index in [0.717, 1.165) is 4.90 Å². The summed E-state index contributed by atoms with van der Waals surface area (Å²) in [7, 11) is 1.49. The summed E-state index contributed by atoms with van der Waals surface area (Å²) in [4.78, 5) is 26.0. The predicted octanol–water partition coefficient (Wildman–Crippen LogP) is 3.78. The van der Waals surface area contributed by atoms with Crippen LogP contribution < -0.4 is 15.0 Å². The van der Waals surface area contributed by atoms with Crippen molar-refractivity contribution >= 4 is 46.4 Å². The van der Waals surface area contributed by atoms with Gasteiger partial charge in [0.15, 0.2) is 0 Å². The fraction of sp³-hybridized carbons (Fsp3) is 0.0588. The van der Waals surface area contributed by atoms with Gasteiger partial charge in [-0.3, -0.25) is 9.59 Å². The van der Waals surface area contributed by atoms with E-state index in [4.69, 9.17) is 27.9 Å². The Balaban J connectivity index is 1.96. The average molecular weight is 363 g/mol. The van der Waals surface area contributed by atoms with Crippen molar-refractivity contribution < 1.29 is 14.3 Å². The molecule has 0 saturated carbocycles. The van der Waals surface area contributed by atoms with Crippen molar-refractivity contribution in [3.63, 3.8) is 0 Å². The molecule has 1 heterocycles. The smallest absolute Gasteiger partial charge is 0.283 e. The van der Waals surface area contributed by atoms with Crippen LogP contribution >= 0.6 is 23.2 Å². The number of hydrogen-bond donors (Lipinski definition) is 1. The van der Waals surface area contributed by atoms with E-state index >= 15 is 0 Å². The van der Waals surface area contributed by atoms with Crippen LogP contribution in [0, 0.1) is 0 Å². The van der Waals surface area contributed by atoms with E-state index in [1.165, 1.54) is 7.11 Å². The molecule has 1 aliphatic heterocycles. The van der Waals surface area contributed by atoms with Gasteiger partial charge in [-0.05, 0) is 30.3 Å². The molecular formula is C17H12Cl2N2O3. The molecule has 0 aromatic heterocycles. The second-order valence-electron chi connectivity index (χ2n) is 4.94. The van der Waals surface area contributed by atoms with Crippen molar-refractivity contribution in [2.45, 2.75) is 0 Å². The third-order valence-corrected chi connectivity index (χ3v) is 4.05. The van der Waals surface area contributed by atoms with E-state index in [-0.39, 0.29) is 10.7 Å². The van der Waals surface area contributed by atoms with Crippen LogP contribution in [0.15, 0.2) is 59.3 Å². The van der Waals surface area contributed by atoms with Gasteiger partial charge in [-0.1, -0.05) is 41.4 Å². The molecule has 0 aliphatic carbocycles. The van der Waals surface area contributed by atoms with Gasteiger partial charge in [0.05, 0.1) is 18.5 Å². The number of nitrogens with zero attached hydrogens (tertiary/aromatic N) is 1. The first-order valence-electron chi connectivity index (χ1n) is 6.97. The number of methoxy groups -OCH3 is 1. The van der Waals surface area contributed by atoms with Gasteiger partial charge in [0.1, 0.15) is 16.5 Å². The highest BCUT2D eigenvalue weighted by Crippen LogP contribution is 2.34. The van der Waals surface area contributed by atoms with Crippen LogP contribution in [0.1, 0.15) is 0 Å². The van der Waals surface area contributed by atoms with Gasteiger partial charge in [0, 0.05) is 5.02 Å². The average Bonchev–Trinajstić information content (AvgIpc) is 2.79. The molecule has 5 nitrogen and oxygen atoms in total. The van der Waals surface area contributed by atoms with Gasteiger partial charge in [-0.25, -0.2) is 4.90 Å². The van der Waals surface area contributed by atoms with Gasteiger partial charge in [0.2, 0.25) is 0 Å². The molecular weight excluding hydrogens is 351 g/mol. The van der Waals surface area contributed by atoms with Crippen molar-refractivity contribution in [2.24, 2.45) is 0 Å². The van der Waals surface area contributed by atoms with Gasteiger partial charge in [0.25, 0.3) is 11.8 Å². The topological polar surface area (TPSA) is 58.6 Å². The molecule has 1 N–H and O–H groups in total. The SMILES string of the molecule is COc1ccc(Cl)cc1NC1=C(Cl)C(=O)N(c2ccccc2)C1=O. The molecule has 0 unspecified atom stereocenters. The Bertz CT molecular complexity index is 850. The summed E-state index contributed by atoms with van der Waals surface area (Å²) < 4.78 is 5.22. The lowest BCUT2D eigenvalue weighted by molar-refractivity contribution is -0.120. The maximum absolute atomic E-state index is 12.6. The molecule has 2 aromatic rings. The number of nitrogens with one attached hydrogen (secondary N) is 1. The predicted molar refractivity (Wildman–Crippen MR) is 93.4 cm³/mol. The fourth-order valence-electron chi connectivity index (χ4n) is 2.34. The number of anilines is 2. The molecule has 1 aliphatic rings. The number of imide groups is 1. The third kappa shape index (κ3) is 2.84. The summed E-state index contributed by atoms with van der Waals surface area (Å²) in [5.74, 6) is -0.663. The number of carbonyl (C=O) groups is 2. The lowest BCUT2D eigenvalue weighted by Gasteiger charge is -2.15. The molecule has 3 rings (SSSR count). The number of carbonyl (C=O) groups excluding carboxylic acids is 2. The normalized spacial score (nSPS) is 14.4. The van der Waals surface area contributed by atoms with Crippen LogP contribution in [-0.2, 0) is 9.59 Å². The second kappa shape index (κ2) is 6.55. The maximum Gasteiger partial charge on any atom is 0.283 e. The minimum absolute atomic E-state index is 0.0221. The van der Waals surface area contributed by atoms with Crippen molar-refractivity contribution in [3.05, 3.63) is 64.3 Å². The zero-order chi connectivity index (χ0) is 17.3. The van der Waals surface area contributed by atoms with Crippen molar-refractivity contribution in [1.82, 2.24) is 0 Å². The van der Waals surface area contributed by atoms with Crippen LogP contribution in [0.2, 0.25) is 5.02 Å². The number of rotatable bonds is 4. The van der Waals surface area contributed by atoms with E-state index < -0.39 is 11.8 Å². The zero-order valence-corrected chi connectivity index (χ0v) is 14.1. The highest BCUT2D eigenvalue weighted by molar-refractivity contribution is 6.53. The minimum Gasteiger partial charge on any atom is -0.495 e. The molecule has 0 spiro atoms. The molecule has 0 atom stereocenters. The van der Waals surface area contributed by atoms with E-state index in [2.05, 4.69) is 5.32 Å². The van der Waals surface area contributed by atoms with E-state index in [1.54, 1.807) is 48.5 Å². The molecule has 24 heavy (non-hydrogen) atoms. The first-order valence-corrected chi connectivity index (χ1v) is 7.72. The third-order valence-electron chi connectivity index (χ3n) is 3.46. The first-order chi connectivity index (χ1) is 11.5. The number of ether oxygens (including phenoxy) is 1. The van der Waals surface area contributed by atoms with E-state index in [9.17, 15) is 9.59 Å². The molecule has 2 aromatic carbocycles. The van der Waals surface area contributed by atoms with E-state index in [0.29, 0.717) is 22.1 Å². The summed E-state index contributed by atoms with van der Waals surface area (Å²) in [6.45, 7) is 0. The first kappa shape index (κ1) is 16.4. The van der Waals surface area contributed by atoms with Crippen LogP contribution in [0.3, 0.4) is 0 Å². The molecule has 7 heteroatoms. The number of benzene rings is 2. The number of halogens is 2. The van der Waals surface area contributed by atoms with Gasteiger partial charge in [-0.2, -0.15) is 0 Å². The Hall–Kier alpha value is -2.50. The Morgan fingerprint density at radius 2 is 1.71 bits per heavy atom. The molecule has 0 saturated heterocycles. The van der Waals surface area contributed by atoms with Crippen molar-refractivity contribution in [3.8, 4) is 5.75 Å². The molecule has 122 valence electrons. The Labute approximate surface area is 148 Å². The number of amides is 2. The largest absolute Gasteiger partial charge is 0.495 e. The molecule has 2 amide bonds. The Morgan fingerprint density at radius 1 is 1.00 bits per heavy atom. The molecule has 0 bridgehead atoms. The zero-order valence-electron chi connectivity index (χ0n) is 12.5. The van der Waals surface area contributed by atoms with Crippen LogP contribution in [-0.4, -0.2) is 18.9 Å². The highest BCUT2D eigenvalue weighted by Gasteiger charge is 2.39. The maximum atomic E-state index is 12.6. The Morgan fingerprint density at radius 3 is 2.38 bits per heavy atom. The monoisotopic (exact) mass is 362 g/mol. The Kier molecular flexibility index (Phi) is 4.46. The summed E-state index contributed by atoms with van der Waals surface area (Å²) in [5.41, 5.74) is 0.862. The van der Waals surface area contributed by atoms with Crippen LogP contribution in [0.25, 0.3) is 0 Å². The molecule has 0 fully saturated rings. The quantitative estimate of drug-likeness (QED) is 0.840. The summed E-state index contributed by atoms with van der Waals surface area (Å²) in [6.07, 6.45) is 0. The standard InChI is InChI=1S/C17H12Cl2N2O3/c1-24-13-8-7-10(18)9-12(13)20-15-14(19)16(22)21(17(15)23)11-5-3-2-4-6-11/h2-9,20H,1H3. The second-order valence-corrected chi connectivity index (χ2v) is 5.75. The van der Waals surface area contributed by atoms with Crippen molar-refractivity contribution in [2.75, 3.05) is 17.3 Å². The van der Waals surface area contributed by atoms with Gasteiger partial charge in [-0.15, -0.1) is 0 Å². The lowest BCUT2D eigenvalue weighted by atomic mass is 10.2. The summed E-state index contributed by atoms with van der Waals surface area (Å²) in [6, 6.07) is 13.4. The number of para-hydroxylation sites is 1. The summed E-state index contributed by atoms with van der Waals surface area (Å²) in [5, 5.41) is 3.12. The van der Waals surface area contributed by atoms with Crippen molar-refractivity contribution in [1.29, 1.82) is 0 Å². The van der Waals surface area contributed by atoms with Crippen LogP contribution in [0.5, 0.6) is 5.75 Å². The summed E-state index contributed by atoms with van der Waals surface area (Å²) >= 11 is 12.1. The lowest BCUT2D eigenvalue weighted by Crippen LogP contribution is -2.32. The highest BCUT2D eigenvalue weighted by atomic mass is 35.5. The number of hydrogen-bond acceptors (Lipinski definition) is 4. The fourth-order valence-corrected chi connectivity index (χ4v) is 2.72. The molecule has 0 radical (unpaired) electrons. The van der Waals surface area contributed by atoms with E-state index in [1.807, 2.05) is 0 Å². The van der Waals surface area contributed by atoms with Gasteiger partial charge >= 0.3 is 0 Å². The minimum atomic E-state index is -0.587. The van der Waals surface area contributed by atoms with Gasteiger partial charge < -0.3 is 10.1 Å². The van der Waals surface area contributed by atoms with Crippen LogP contribution in [0.4, 0.5) is 11.4 Å².